The smallest absolute Gasteiger partial charge is 0.351 e. The summed E-state index contributed by atoms with van der Waals surface area (Å²) < 4.78 is 39.9. The van der Waals surface area contributed by atoms with E-state index in [0.717, 1.165) is 43.7 Å². The summed E-state index contributed by atoms with van der Waals surface area (Å²) in [6.45, 7) is 7.85. The first kappa shape index (κ1) is 18.7. The summed E-state index contributed by atoms with van der Waals surface area (Å²) in [4.78, 5) is 16.2. The molecule has 0 bridgehead atoms. The fourth-order valence-corrected chi connectivity index (χ4v) is 4.62. The van der Waals surface area contributed by atoms with E-state index in [1.165, 1.54) is 25.0 Å². The van der Waals surface area contributed by atoms with Crippen LogP contribution in [0.3, 0.4) is 0 Å². The molecule has 0 spiro atoms. The van der Waals surface area contributed by atoms with Crippen LogP contribution < -0.4 is 4.90 Å². The predicted octanol–water partition coefficient (Wildman–Crippen LogP) is 4.04. The largest absolute Gasteiger partial charge is 0.416 e. The Labute approximate surface area is 168 Å². The van der Waals surface area contributed by atoms with Gasteiger partial charge in [-0.15, -0.1) is 0 Å². The van der Waals surface area contributed by atoms with Crippen LogP contribution in [0.15, 0.2) is 40.0 Å². The third kappa shape index (κ3) is 3.13. The highest BCUT2D eigenvalue weighted by Gasteiger charge is 2.39. The molecule has 4 aliphatic rings. The zero-order valence-electron chi connectivity index (χ0n) is 16.6. The van der Waals surface area contributed by atoms with E-state index in [0.29, 0.717) is 23.3 Å². The van der Waals surface area contributed by atoms with Gasteiger partial charge in [0, 0.05) is 31.9 Å². The van der Waals surface area contributed by atoms with Crippen LogP contribution in [0.4, 0.5) is 24.5 Å². The highest BCUT2D eigenvalue weighted by Crippen LogP contribution is 2.41. The summed E-state index contributed by atoms with van der Waals surface area (Å²) in [6, 6.07) is 4.27. The minimum absolute atomic E-state index is 0.0217. The number of piperazine rings is 1. The Bertz CT molecular complexity index is 933. The van der Waals surface area contributed by atoms with Gasteiger partial charge >= 0.3 is 6.18 Å². The Kier molecular flexibility index (Phi) is 4.24. The van der Waals surface area contributed by atoms with Crippen molar-refractivity contribution in [1.29, 1.82) is 0 Å². The van der Waals surface area contributed by atoms with Crippen LogP contribution >= 0.6 is 0 Å². The number of nitrogens with zero attached hydrogens (tertiary/aromatic N) is 5. The lowest BCUT2D eigenvalue weighted by Gasteiger charge is -2.42. The van der Waals surface area contributed by atoms with Crippen molar-refractivity contribution in [3.63, 3.8) is 0 Å². The molecule has 5 nitrogen and oxygen atoms in total. The number of hydrogen-bond acceptors (Lipinski definition) is 5. The zero-order chi connectivity index (χ0) is 20.3. The SMILES string of the molecule is CC1=CN2C(=NC1C)C(N1CCN3CCCC3C1)=Nc1ccc(C(F)(F)F)cc12. The van der Waals surface area contributed by atoms with E-state index in [1.54, 1.807) is 4.90 Å². The third-order valence-corrected chi connectivity index (χ3v) is 6.41. The first-order chi connectivity index (χ1) is 13.8. The summed E-state index contributed by atoms with van der Waals surface area (Å²) in [5, 5.41) is 0. The summed E-state index contributed by atoms with van der Waals surface area (Å²) in [5.41, 5.74) is 1.34. The summed E-state index contributed by atoms with van der Waals surface area (Å²) >= 11 is 0. The second-order valence-electron chi connectivity index (χ2n) is 8.29. The van der Waals surface area contributed by atoms with Crippen LogP contribution in [0.1, 0.15) is 32.3 Å². The van der Waals surface area contributed by atoms with Crippen molar-refractivity contribution in [2.75, 3.05) is 31.1 Å². The number of benzene rings is 1. The van der Waals surface area contributed by atoms with Gasteiger partial charge in [0.15, 0.2) is 11.7 Å². The van der Waals surface area contributed by atoms with Gasteiger partial charge in [-0.05, 0) is 57.0 Å². The van der Waals surface area contributed by atoms with Gasteiger partial charge in [-0.25, -0.2) is 4.99 Å². The maximum absolute atomic E-state index is 13.3. The van der Waals surface area contributed by atoms with Crippen molar-refractivity contribution < 1.29 is 13.2 Å². The van der Waals surface area contributed by atoms with Crippen molar-refractivity contribution in [3.8, 4) is 0 Å². The number of aliphatic imine (C=N–C) groups is 2. The second kappa shape index (κ2) is 6.58. The van der Waals surface area contributed by atoms with Crippen LogP contribution in [-0.4, -0.2) is 59.7 Å². The molecule has 0 amide bonds. The average Bonchev–Trinajstić information content (AvgIpc) is 3.15. The first-order valence-corrected chi connectivity index (χ1v) is 10.2. The van der Waals surface area contributed by atoms with Crippen LogP contribution in [-0.2, 0) is 6.18 Å². The summed E-state index contributed by atoms with van der Waals surface area (Å²) in [7, 11) is 0. The van der Waals surface area contributed by atoms with Gasteiger partial charge in [-0.3, -0.25) is 14.8 Å². The molecule has 4 heterocycles. The van der Waals surface area contributed by atoms with Crippen molar-refractivity contribution in [1.82, 2.24) is 9.80 Å². The lowest BCUT2D eigenvalue weighted by molar-refractivity contribution is -0.137. The molecule has 0 N–H and O–H groups in total. The third-order valence-electron chi connectivity index (χ3n) is 6.41. The number of amidine groups is 2. The molecular weight excluding hydrogens is 379 g/mol. The van der Waals surface area contributed by atoms with Crippen LogP contribution in [0.25, 0.3) is 0 Å². The first-order valence-electron chi connectivity index (χ1n) is 10.2. The van der Waals surface area contributed by atoms with Crippen molar-refractivity contribution in [3.05, 3.63) is 35.5 Å². The monoisotopic (exact) mass is 403 g/mol. The Hall–Kier alpha value is -2.35. The number of hydrogen-bond donors (Lipinski definition) is 0. The minimum Gasteiger partial charge on any atom is -0.351 e. The topological polar surface area (TPSA) is 34.4 Å². The van der Waals surface area contributed by atoms with E-state index in [2.05, 4.69) is 9.80 Å². The summed E-state index contributed by atoms with van der Waals surface area (Å²) in [5.74, 6) is 1.43. The molecule has 8 heteroatoms. The molecule has 4 aliphatic heterocycles. The van der Waals surface area contributed by atoms with Crippen LogP contribution in [0.2, 0.25) is 0 Å². The Morgan fingerprint density at radius 1 is 1.10 bits per heavy atom. The van der Waals surface area contributed by atoms with E-state index in [9.17, 15) is 13.2 Å². The average molecular weight is 403 g/mol. The van der Waals surface area contributed by atoms with E-state index < -0.39 is 11.7 Å². The molecule has 2 fully saturated rings. The quantitative estimate of drug-likeness (QED) is 0.656. The minimum atomic E-state index is -4.39. The molecule has 2 atom stereocenters. The number of rotatable bonds is 0. The fourth-order valence-electron chi connectivity index (χ4n) is 4.62. The van der Waals surface area contributed by atoms with E-state index in [-0.39, 0.29) is 6.04 Å². The molecule has 0 aromatic heterocycles. The van der Waals surface area contributed by atoms with E-state index >= 15 is 0 Å². The molecule has 5 rings (SSSR count). The number of alkyl halides is 3. The highest BCUT2D eigenvalue weighted by atomic mass is 19.4. The van der Waals surface area contributed by atoms with Gasteiger partial charge in [0.05, 0.1) is 23.0 Å². The number of fused-ring (bicyclic) bond motifs is 4. The van der Waals surface area contributed by atoms with Gasteiger partial charge in [0.2, 0.25) is 0 Å². The van der Waals surface area contributed by atoms with Crippen molar-refractivity contribution in [2.24, 2.45) is 9.98 Å². The molecule has 0 aliphatic carbocycles. The Balaban J connectivity index is 1.58. The lowest BCUT2D eigenvalue weighted by atomic mass is 10.1. The second-order valence-corrected chi connectivity index (χ2v) is 8.29. The Morgan fingerprint density at radius 2 is 1.93 bits per heavy atom. The van der Waals surface area contributed by atoms with Gasteiger partial charge in [-0.1, -0.05) is 0 Å². The van der Waals surface area contributed by atoms with Gasteiger partial charge in [0.1, 0.15) is 0 Å². The molecule has 154 valence electrons. The summed E-state index contributed by atoms with van der Waals surface area (Å²) in [6.07, 6.45) is -0.0789. The van der Waals surface area contributed by atoms with E-state index in [1.807, 2.05) is 20.0 Å². The van der Waals surface area contributed by atoms with Gasteiger partial charge < -0.3 is 4.90 Å². The van der Waals surface area contributed by atoms with Gasteiger partial charge in [0.25, 0.3) is 0 Å². The molecule has 1 aromatic rings. The lowest BCUT2D eigenvalue weighted by Crippen LogP contribution is -2.56. The standard InChI is InChI=1S/C21H24F3N5/c1-13-11-29-18-10-15(21(22,23)24)5-6-17(18)26-19(20(29)25-14(13)2)28-9-8-27-7-3-4-16(27)12-28/h5-6,10-11,14,16H,3-4,7-9,12H2,1-2H3. The van der Waals surface area contributed by atoms with Crippen LogP contribution in [0.5, 0.6) is 0 Å². The van der Waals surface area contributed by atoms with Gasteiger partial charge in [-0.2, -0.15) is 13.2 Å². The van der Waals surface area contributed by atoms with E-state index in [4.69, 9.17) is 9.98 Å². The zero-order valence-corrected chi connectivity index (χ0v) is 16.6. The van der Waals surface area contributed by atoms with Crippen molar-refractivity contribution >= 4 is 23.0 Å². The maximum Gasteiger partial charge on any atom is 0.416 e. The molecule has 0 radical (unpaired) electrons. The normalized spacial score (nSPS) is 27.0. The molecule has 0 saturated carbocycles. The Morgan fingerprint density at radius 3 is 2.72 bits per heavy atom. The number of halogens is 3. The maximum atomic E-state index is 13.3. The molecular formula is C21H24F3N5. The van der Waals surface area contributed by atoms with Crippen LogP contribution in [0, 0.1) is 0 Å². The molecule has 29 heavy (non-hydrogen) atoms. The molecule has 1 aromatic carbocycles. The highest BCUT2D eigenvalue weighted by molar-refractivity contribution is 6.48. The number of anilines is 1. The fraction of sp³-hybridized carbons (Fsp3) is 0.524. The molecule has 2 unspecified atom stereocenters. The predicted molar refractivity (Wildman–Crippen MR) is 108 cm³/mol. The molecule has 2 saturated heterocycles. The van der Waals surface area contributed by atoms with Crippen molar-refractivity contribution in [2.45, 2.75) is 44.9 Å².